The number of para-hydroxylation sites is 1. The summed E-state index contributed by atoms with van der Waals surface area (Å²) in [6.07, 6.45) is -0.413. The summed E-state index contributed by atoms with van der Waals surface area (Å²) in [7, 11) is 0. The van der Waals surface area contributed by atoms with Gasteiger partial charge in [0.2, 0.25) is 0 Å². The van der Waals surface area contributed by atoms with Crippen LogP contribution < -0.4 is 10.6 Å². The van der Waals surface area contributed by atoms with Crippen molar-refractivity contribution in [2.45, 2.75) is 46.3 Å². The van der Waals surface area contributed by atoms with Gasteiger partial charge in [-0.25, -0.2) is 0 Å². The van der Waals surface area contributed by atoms with Gasteiger partial charge in [-0.2, -0.15) is 0 Å². The Balaban J connectivity index is 2.58. The Morgan fingerprint density at radius 1 is 1.26 bits per heavy atom. The first-order chi connectivity index (χ1) is 10.7. The molecule has 127 valence electrons. The van der Waals surface area contributed by atoms with Crippen molar-refractivity contribution >= 4 is 32.5 Å². The molecule has 6 heteroatoms. The second-order valence-corrected chi connectivity index (χ2v) is 7.44. The Morgan fingerprint density at radius 3 is 2.39 bits per heavy atom. The molecular formula is C17H26N3O2Se. The van der Waals surface area contributed by atoms with Gasteiger partial charge in [-0.3, -0.25) is 0 Å². The summed E-state index contributed by atoms with van der Waals surface area (Å²) in [5.41, 5.74) is 0.458. The standard InChI is InChI=1S/C17H26N3O2Se/c1-12(2)14(20-16(21)22-17(3,4)5)11-18-15(23)19-13-9-7-6-8-10-13/h6-10,12,14H,11H2,1-5H3,(H,18,19)(H,20,21). The number of amidine groups is 1. The van der Waals surface area contributed by atoms with Gasteiger partial charge < -0.3 is 0 Å². The molecule has 0 aliphatic rings. The van der Waals surface area contributed by atoms with E-state index in [1.165, 1.54) is 0 Å². The molecule has 1 aromatic rings. The van der Waals surface area contributed by atoms with Crippen LogP contribution in [0.2, 0.25) is 0 Å². The molecule has 5 nitrogen and oxygen atoms in total. The van der Waals surface area contributed by atoms with Crippen LogP contribution in [0.3, 0.4) is 0 Å². The van der Waals surface area contributed by atoms with Gasteiger partial charge in [0, 0.05) is 0 Å². The summed E-state index contributed by atoms with van der Waals surface area (Å²) in [4.78, 5) is 16.4. The molecule has 1 aromatic carbocycles. The Kier molecular flexibility index (Phi) is 7.59. The first-order valence-electron chi connectivity index (χ1n) is 7.70. The van der Waals surface area contributed by atoms with Crippen LogP contribution in [0.25, 0.3) is 0 Å². The molecule has 0 fully saturated rings. The number of carbonyl (C=O) groups excluding carboxylic acids is 1. The van der Waals surface area contributed by atoms with Crippen molar-refractivity contribution in [3.8, 4) is 0 Å². The van der Waals surface area contributed by atoms with Crippen LogP contribution in [0.4, 0.5) is 10.5 Å². The Bertz CT molecular complexity index is 524. The van der Waals surface area contributed by atoms with Crippen LogP contribution in [0, 0.1) is 5.92 Å². The maximum absolute atomic E-state index is 11.9. The van der Waals surface area contributed by atoms with E-state index in [1.54, 1.807) is 0 Å². The molecule has 0 aromatic heterocycles. The number of aliphatic imine (C=N–C) groups is 1. The number of carbonyl (C=O) groups is 1. The summed E-state index contributed by atoms with van der Waals surface area (Å²) < 4.78 is 5.99. The number of anilines is 1. The number of alkyl carbamates (subject to hydrolysis) is 1. The minimum absolute atomic E-state index is 0.0919. The molecule has 1 radical (unpaired) electrons. The van der Waals surface area contributed by atoms with E-state index in [1.807, 2.05) is 65.0 Å². The number of hydrogen-bond acceptors (Lipinski definition) is 3. The van der Waals surface area contributed by atoms with Crippen LogP contribution in [0.1, 0.15) is 34.6 Å². The fourth-order valence-corrected chi connectivity index (χ4v) is 2.15. The molecule has 1 unspecified atom stereocenters. The van der Waals surface area contributed by atoms with Crippen molar-refractivity contribution in [2.24, 2.45) is 10.9 Å². The molecule has 2 N–H and O–H groups in total. The second-order valence-electron chi connectivity index (χ2n) is 6.63. The van der Waals surface area contributed by atoms with E-state index in [-0.39, 0.29) is 12.0 Å². The molecule has 0 bridgehead atoms. The molecule has 1 atom stereocenters. The molecule has 1 amide bonds. The molecular weight excluding hydrogens is 357 g/mol. The summed E-state index contributed by atoms with van der Waals surface area (Å²) in [6.45, 7) is 10.1. The fourth-order valence-electron chi connectivity index (χ4n) is 1.75. The molecule has 0 aliphatic heterocycles. The van der Waals surface area contributed by atoms with Crippen molar-refractivity contribution in [2.75, 3.05) is 11.9 Å². The van der Waals surface area contributed by atoms with Crippen LogP contribution in [0.5, 0.6) is 0 Å². The number of rotatable bonds is 5. The van der Waals surface area contributed by atoms with Gasteiger partial charge in [0.15, 0.2) is 0 Å². The third-order valence-corrected chi connectivity index (χ3v) is 3.45. The number of hydrogen-bond donors (Lipinski definition) is 2. The molecule has 23 heavy (non-hydrogen) atoms. The SMILES string of the molecule is CC(C)C(CN=C([Se])Nc1ccccc1)NC(=O)OC(C)(C)C. The Hall–Kier alpha value is -1.52. The van der Waals surface area contributed by atoms with E-state index in [0.717, 1.165) is 5.69 Å². The van der Waals surface area contributed by atoms with Crippen molar-refractivity contribution in [1.29, 1.82) is 0 Å². The summed E-state index contributed by atoms with van der Waals surface area (Å²) >= 11 is 2.91. The van der Waals surface area contributed by atoms with Crippen LogP contribution in [-0.2, 0) is 4.74 Å². The fraction of sp³-hybridized carbons (Fsp3) is 0.529. The number of amides is 1. The molecule has 1 rings (SSSR count). The minimum atomic E-state index is -0.507. The predicted octanol–water partition coefficient (Wildman–Crippen LogP) is 3.17. The van der Waals surface area contributed by atoms with Crippen LogP contribution in [0.15, 0.2) is 35.3 Å². The van der Waals surface area contributed by atoms with Crippen molar-refractivity contribution in [3.63, 3.8) is 0 Å². The van der Waals surface area contributed by atoms with Gasteiger partial charge in [-0.1, -0.05) is 0 Å². The number of ether oxygens (including phenoxy) is 1. The van der Waals surface area contributed by atoms with Gasteiger partial charge in [0.1, 0.15) is 0 Å². The van der Waals surface area contributed by atoms with Crippen LogP contribution >= 0.6 is 0 Å². The van der Waals surface area contributed by atoms with Gasteiger partial charge in [-0.05, 0) is 0 Å². The second kappa shape index (κ2) is 8.94. The normalized spacial score (nSPS) is 13.6. The van der Waals surface area contributed by atoms with E-state index < -0.39 is 11.7 Å². The first kappa shape index (κ1) is 19.5. The molecule has 0 heterocycles. The quantitative estimate of drug-likeness (QED) is 0.466. The van der Waals surface area contributed by atoms with E-state index in [9.17, 15) is 4.79 Å². The summed E-state index contributed by atoms with van der Waals surface area (Å²) in [6, 6.07) is 9.71. The average molecular weight is 383 g/mol. The van der Waals surface area contributed by atoms with E-state index in [2.05, 4.69) is 31.6 Å². The van der Waals surface area contributed by atoms with Gasteiger partial charge in [-0.15, -0.1) is 0 Å². The van der Waals surface area contributed by atoms with Gasteiger partial charge in [0.05, 0.1) is 0 Å². The molecule has 0 saturated carbocycles. The van der Waals surface area contributed by atoms with E-state index >= 15 is 0 Å². The predicted molar refractivity (Wildman–Crippen MR) is 96.1 cm³/mol. The first-order valence-corrected chi connectivity index (χ1v) is 8.56. The number of benzene rings is 1. The van der Waals surface area contributed by atoms with E-state index in [0.29, 0.717) is 11.3 Å². The maximum atomic E-state index is 11.9. The number of nitrogens with zero attached hydrogens (tertiary/aromatic N) is 1. The van der Waals surface area contributed by atoms with Crippen molar-refractivity contribution in [3.05, 3.63) is 30.3 Å². The average Bonchev–Trinajstić information content (AvgIpc) is 2.42. The zero-order valence-corrected chi connectivity index (χ0v) is 16.1. The zero-order valence-electron chi connectivity index (χ0n) is 14.4. The van der Waals surface area contributed by atoms with Crippen molar-refractivity contribution in [1.82, 2.24) is 5.32 Å². The molecule has 0 aliphatic carbocycles. The van der Waals surface area contributed by atoms with Gasteiger partial charge >= 0.3 is 147 Å². The Morgan fingerprint density at radius 2 is 1.87 bits per heavy atom. The topological polar surface area (TPSA) is 62.7 Å². The third kappa shape index (κ3) is 8.62. The Labute approximate surface area is 147 Å². The zero-order chi connectivity index (χ0) is 17.5. The summed E-state index contributed by atoms with van der Waals surface area (Å²) in [5, 5.41) is 6.06. The van der Waals surface area contributed by atoms with Crippen LogP contribution in [-0.4, -0.2) is 45.0 Å². The monoisotopic (exact) mass is 384 g/mol. The molecule has 0 saturated heterocycles. The third-order valence-electron chi connectivity index (χ3n) is 2.96. The van der Waals surface area contributed by atoms with Gasteiger partial charge in [0.25, 0.3) is 0 Å². The summed E-state index contributed by atoms with van der Waals surface area (Å²) in [5.74, 6) is 0.246. The van der Waals surface area contributed by atoms with E-state index in [4.69, 9.17) is 4.74 Å². The molecule has 0 spiro atoms. The van der Waals surface area contributed by atoms with Crippen molar-refractivity contribution < 1.29 is 9.53 Å². The number of nitrogens with one attached hydrogen (secondary N) is 2.